The Labute approximate surface area is 230 Å². The van der Waals surface area contributed by atoms with Gasteiger partial charge in [0.15, 0.2) is 5.12 Å². The van der Waals surface area contributed by atoms with Crippen molar-refractivity contribution in [3.8, 4) is 5.75 Å². The molecule has 0 fully saturated rings. The van der Waals surface area contributed by atoms with Crippen LogP contribution < -0.4 is 20.7 Å². The van der Waals surface area contributed by atoms with Crippen LogP contribution in [0.3, 0.4) is 0 Å². The molecule has 1 unspecified atom stereocenters. The standard InChI is InChI=1S/C27H43N3O7S/c1-19(31)38-18-20-11-13-21(14-12-20)35-17-16-28-23(32)22(30-25(34)37-27(5,6)7)10-8-9-15-29-24(33)36-26(2,3)4/h11-14,22H,8-10,15-18H2,1-7H3,(H,28,32)(H,29,33)(H,30,34). The number of carbonyl (C=O) groups excluding carboxylic acids is 4. The van der Waals surface area contributed by atoms with Crippen molar-refractivity contribution in [3.63, 3.8) is 0 Å². The number of nitrogens with one attached hydrogen (secondary N) is 3. The fraction of sp³-hybridized carbons (Fsp3) is 0.630. The maximum absolute atomic E-state index is 12.8. The maximum atomic E-state index is 12.8. The summed E-state index contributed by atoms with van der Waals surface area (Å²) < 4.78 is 16.2. The van der Waals surface area contributed by atoms with Gasteiger partial charge in [-0.3, -0.25) is 9.59 Å². The van der Waals surface area contributed by atoms with Gasteiger partial charge in [-0.1, -0.05) is 23.9 Å². The molecule has 0 saturated heterocycles. The molecule has 0 spiro atoms. The van der Waals surface area contributed by atoms with Gasteiger partial charge in [0.25, 0.3) is 0 Å². The highest BCUT2D eigenvalue weighted by Crippen LogP contribution is 2.17. The summed E-state index contributed by atoms with van der Waals surface area (Å²) in [5.41, 5.74) is -0.257. The van der Waals surface area contributed by atoms with Gasteiger partial charge in [-0.05, 0) is 78.5 Å². The molecular formula is C27H43N3O7S. The van der Waals surface area contributed by atoms with E-state index in [1.165, 1.54) is 18.7 Å². The van der Waals surface area contributed by atoms with Crippen molar-refractivity contribution in [1.82, 2.24) is 16.0 Å². The minimum absolute atomic E-state index is 0.0676. The van der Waals surface area contributed by atoms with Gasteiger partial charge >= 0.3 is 12.2 Å². The third-order valence-corrected chi connectivity index (χ3v) is 5.51. The van der Waals surface area contributed by atoms with Gasteiger partial charge in [-0.25, -0.2) is 9.59 Å². The van der Waals surface area contributed by atoms with Crippen LogP contribution in [-0.2, 0) is 24.8 Å². The lowest BCUT2D eigenvalue weighted by Gasteiger charge is -2.23. The van der Waals surface area contributed by atoms with Crippen LogP contribution in [0, 0.1) is 0 Å². The molecule has 11 heteroatoms. The smallest absolute Gasteiger partial charge is 0.408 e. The first-order valence-corrected chi connectivity index (χ1v) is 13.7. The molecule has 0 radical (unpaired) electrons. The summed E-state index contributed by atoms with van der Waals surface area (Å²) in [7, 11) is 0. The Kier molecular flexibility index (Phi) is 14.0. The first-order chi connectivity index (χ1) is 17.6. The summed E-state index contributed by atoms with van der Waals surface area (Å²) in [6, 6.07) is 6.61. The zero-order valence-electron chi connectivity index (χ0n) is 23.6. The lowest BCUT2D eigenvalue weighted by atomic mass is 10.1. The number of rotatable bonds is 13. The molecule has 1 rings (SSSR count). The van der Waals surface area contributed by atoms with Crippen LogP contribution in [0.25, 0.3) is 0 Å². The number of carbonyl (C=O) groups is 4. The van der Waals surface area contributed by atoms with Crippen molar-refractivity contribution in [3.05, 3.63) is 29.8 Å². The van der Waals surface area contributed by atoms with Gasteiger partial charge in [0.2, 0.25) is 5.91 Å². The van der Waals surface area contributed by atoms with Gasteiger partial charge < -0.3 is 30.2 Å². The molecule has 38 heavy (non-hydrogen) atoms. The minimum atomic E-state index is -0.801. The van der Waals surface area contributed by atoms with Crippen LogP contribution in [0.5, 0.6) is 5.75 Å². The molecule has 10 nitrogen and oxygen atoms in total. The van der Waals surface area contributed by atoms with Gasteiger partial charge in [0, 0.05) is 19.2 Å². The summed E-state index contributed by atoms with van der Waals surface area (Å²) in [6.45, 7) is 13.0. The summed E-state index contributed by atoms with van der Waals surface area (Å²) >= 11 is 1.25. The summed E-state index contributed by atoms with van der Waals surface area (Å²) in [5.74, 6) is 0.905. The van der Waals surface area contributed by atoms with E-state index in [9.17, 15) is 19.2 Å². The average molecular weight is 554 g/mol. The third kappa shape index (κ3) is 16.7. The number of hydrogen-bond acceptors (Lipinski definition) is 8. The summed E-state index contributed by atoms with van der Waals surface area (Å²) in [5, 5.41) is 8.17. The molecule has 0 saturated carbocycles. The quantitative estimate of drug-likeness (QED) is 0.303. The first kappa shape index (κ1) is 33.1. The van der Waals surface area contributed by atoms with Crippen molar-refractivity contribution in [2.45, 2.75) is 90.7 Å². The molecule has 3 amide bonds. The van der Waals surface area contributed by atoms with Crippen LogP contribution in [0.2, 0.25) is 0 Å². The Morgan fingerprint density at radius 1 is 0.842 bits per heavy atom. The predicted molar refractivity (Wildman–Crippen MR) is 148 cm³/mol. The van der Waals surface area contributed by atoms with Crippen LogP contribution in [-0.4, -0.2) is 60.1 Å². The van der Waals surface area contributed by atoms with Gasteiger partial charge in [0.1, 0.15) is 29.6 Å². The summed E-state index contributed by atoms with van der Waals surface area (Å²) in [4.78, 5) is 47.9. The van der Waals surface area contributed by atoms with Crippen molar-refractivity contribution in [1.29, 1.82) is 0 Å². The van der Waals surface area contributed by atoms with Gasteiger partial charge in [-0.2, -0.15) is 0 Å². The van der Waals surface area contributed by atoms with E-state index in [1.54, 1.807) is 41.5 Å². The Morgan fingerprint density at radius 2 is 1.45 bits per heavy atom. The number of thioether (sulfide) groups is 1. The molecule has 214 valence electrons. The highest BCUT2D eigenvalue weighted by Gasteiger charge is 2.24. The van der Waals surface area contributed by atoms with E-state index in [4.69, 9.17) is 14.2 Å². The van der Waals surface area contributed by atoms with E-state index < -0.39 is 29.4 Å². The van der Waals surface area contributed by atoms with E-state index in [0.29, 0.717) is 37.3 Å². The molecule has 0 aliphatic heterocycles. The molecule has 1 atom stereocenters. The Hall–Kier alpha value is -2.95. The fourth-order valence-corrected chi connectivity index (χ4v) is 3.59. The van der Waals surface area contributed by atoms with E-state index in [-0.39, 0.29) is 24.2 Å². The van der Waals surface area contributed by atoms with Gasteiger partial charge in [-0.15, -0.1) is 0 Å². The molecule has 3 N–H and O–H groups in total. The first-order valence-electron chi connectivity index (χ1n) is 12.7. The highest BCUT2D eigenvalue weighted by atomic mass is 32.2. The van der Waals surface area contributed by atoms with Crippen molar-refractivity contribution < 1.29 is 33.4 Å². The van der Waals surface area contributed by atoms with E-state index >= 15 is 0 Å². The van der Waals surface area contributed by atoms with Crippen molar-refractivity contribution in [2.24, 2.45) is 0 Å². The largest absolute Gasteiger partial charge is 0.492 e. The monoisotopic (exact) mass is 553 g/mol. The Bertz CT molecular complexity index is 909. The highest BCUT2D eigenvalue weighted by molar-refractivity contribution is 8.12. The average Bonchev–Trinajstić information content (AvgIpc) is 2.77. The van der Waals surface area contributed by atoms with Crippen LogP contribution in [0.1, 0.15) is 73.3 Å². The van der Waals surface area contributed by atoms with Gasteiger partial charge in [0.05, 0.1) is 6.54 Å². The SMILES string of the molecule is CC(=O)SCc1ccc(OCCNC(=O)C(CCCCNC(=O)OC(C)(C)C)NC(=O)OC(C)(C)C)cc1. The molecule has 0 aromatic heterocycles. The number of benzene rings is 1. The fourth-order valence-electron chi connectivity index (χ4n) is 3.03. The minimum Gasteiger partial charge on any atom is -0.492 e. The van der Waals surface area contributed by atoms with Crippen molar-refractivity contribution in [2.75, 3.05) is 19.7 Å². The Balaban J connectivity index is 2.51. The Morgan fingerprint density at radius 3 is 2.03 bits per heavy atom. The molecular weight excluding hydrogens is 510 g/mol. The number of hydrogen-bond donors (Lipinski definition) is 3. The van der Waals surface area contributed by atoms with E-state index in [1.807, 2.05) is 24.3 Å². The zero-order valence-corrected chi connectivity index (χ0v) is 24.4. The predicted octanol–water partition coefficient (Wildman–Crippen LogP) is 4.55. The molecule has 0 bridgehead atoms. The van der Waals surface area contributed by atoms with Crippen LogP contribution in [0.4, 0.5) is 9.59 Å². The molecule has 1 aromatic rings. The number of alkyl carbamates (subject to hydrolysis) is 2. The summed E-state index contributed by atoms with van der Waals surface area (Å²) in [6.07, 6.45) is 0.367. The molecule has 1 aromatic carbocycles. The number of unbranched alkanes of at least 4 members (excludes halogenated alkanes) is 1. The maximum Gasteiger partial charge on any atom is 0.408 e. The zero-order chi connectivity index (χ0) is 28.8. The molecule has 0 heterocycles. The topological polar surface area (TPSA) is 132 Å². The van der Waals surface area contributed by atoms with Crippen molar-refractivity contribution >= 4 is 35.0 Å². The lowest BCUT2D eigenvalue weighted by Crippen LogP contribution is -2.48. The lowest BCUT2D eigenvalue weighted by molar-refractivity contribution is -0.123. The van der Waals surface area contributed by atoms with E-state index in [0.717, 1.165) is 5.56 Å². The van der Waals surface area contributed by atoms with Crippen LogP contribution in [0.15, 0.2) is 24.3 Å². The normalized spacial score (nSPS) is 12.2. The third-order valence-electron chi connectivity index (χ3n) is 4.63. The second-order valence-corrected chi connectivity index (χ2v) is 11.8. The van der Waals surface area contributed by atoms with Crippen LogP contribution >= 0.6 is 11.8 Å². The number of amides is 3. The second-order valence-electron chi connectivity index (χ2n) is 10.7. The molecule has 0 aliphatic rings. The molecule has 0 aliphatic carbocycles. The second kappa shape index (κ2) is 16.1. The number of ether oxygens (including phenoxy) is 3. The van der Waals surface area contributed by atoms with E-state index in [2.05, 4.69) is 16.0 Å².